The molecule has 3 aromatic rings. The van der Waals surface area contributed by atoms with Crippen LogP contribution in [-0.2, 0) is 4.79 Å². The molecule has 0 aliphatic rings. The number of carbonyl (C=O) groups excluding carboxylic acids is 1. The lowest BCUT2D eigenvalue weighted by molar-refractivity contribution is -0.384. The average Bonchev–Trinajstić information content (AvgIpc) is 2.74. The first-order valence-electron chi connectivity index (χ1n) is 8.57. The van der Waals surface area contributed by atoms with Crippen LogP contribution in [0.3, 0.4) is 0 Å². The van der Waals surface area contributed by atoms with Crippen molar-refractivity contribution < 1.29 is 14.5 Å². The van der Waals surface area contributed by atoms with Crippen molar-refractivity contribution in [3.63, 3.8) is 0 Å². The fourth-order valence-corrected chi connectivity index (χ4v) is 2.67. The quantitative estimate of drug-likeness (QED) is 0.354. The number of hydrazone groups is 1. The summed E-state index contributed by atoms with van der Waals surface area (Å²) in [5.41, 5.74) is 4.64. The van der Waals surface area contributed by atoms with Gasteiger partial charge in [-0.3, -0.25) is 14.9 Å². The summed E-state index contributed by atoms with van der Waals surface area (Å²) in [6.07, 6.45) is 1.29. The van der Waals surface area contributed by atoms with Gasteiger partial charge >= 0.3 is 0 Å². The number of halogens is 1. The summed E-state index contributed by atoms with van der Waals surface area (Å²) in [6.45, 7) is -0.219. The van der Waals surface area contributed by atoms with E-state index < -0.39 is 10.8 Å². The number of ether oxygens (including phenoxy) is 1. The Labute approximate surface area is 171 Å². The third-order valence-electron chi connectivity index (χ3n) is 3.90. The molecule has 0 aliphatic carbocycles. The van der Waals surface area contributed by atoms with Gasteiger partial charge in [-0.15, -0.1) is 0 Å². The molecule has 0 heterocycles. The van der Waals surface area contributed by atoms with Crippen LogP contribution in [0.5, 0.6) is 5.75 Å². The van der Waals surface area contributed by atoms with Crippen molar-refractivity contribution in [1.29, 1.82) is 0 Å². The summed E-state index contributed by atoms with van der Waals surface area (Å²) in [4.78, 5) is 22.1. The molecule has 0 spiro atoms. The fraction of sp³-hybridized carbons (Fsp3) is 0.0476. The molecule has 8 heteroatoms. The minimum absolute atomic E-state index is 0.0304. The molecule has 0 unspecified atom stereocenters. The Kier molecular flexibility index (Phi) is 6.55. The molecule has 0 bridgehead atoms. The Hall–Kier alpha value is -3.71. The molecule has 29 heavy (non-hydrogen) atoms. The zero-order chi connectivity index (χ0) is 20.6. The first-order chi connectivity index (χ1) is 14.0. The van der Waals surface area contributed by atoms with Gasteiger partial charge in [0, 0.05) is 11.6 Å². The monoisotopic (exact) mass is 409 g/mol. The van der Waals surface area contributed by atoms with E-state index >= 15 is 0 Å². The van der Waals surface area contributed by atoms with Crippen LogP contribution in [0.2, 0.25) is 5.02 Å². The van der Waals surface area contributed by atoms with E-state index in [2.05, 4.69) is 10.5 Å². The summed E-state index contributed by atoms with van der Waals surface area (Å²) in [5.74, 6) is 0.0917. The zero-order valence-electron chi connectivity index (χ0n) is 15.1. The third-order valence-corrected chi connectivity index (χ3v) is 4.22. The lowest BCUT2D eigenvalue weighted by Crippen LogP contribution is -2.24. The highest BCUT2D eigenvalue weighted by molar-refractivity contribution is 6.32. The molecule has 0 radical (unpaired) electrons. The first-order valence-corrected chi connectivity index (χ1v) is 8.95. The van der Waals surface area contributed by atoms with Crippen LogP contribution < -0.4 is 10.2 Å². The molecule has 3 rings (SSSR count). The highest BCUT2D eigenvalue weighted by Gasteiger charge is 2.11. The maximum Gasteiger partial charge on any atom is 0.288 e. The molecule has 0 aromatic heterocycles. The van der Waals surface area contributed by atoms with Gasteiger partial charge in [-0.1, -0.05) is 60.1 Å². The molecule has 0 aliphatic heterocycles. The number of amides is 1. The molecule has 0 fully saturated rings. The van der Waals surface area contributed by atoms with Crippen molar-refractivity contribution in [2.75, 3.05) is 6.61 Å². The molecule has 146 valence electrons. The first kappa shape index (κ1) is 20.0. The zero-order valence-corrected chi connectivity index (χ0v) is 15.9. The van der Waals surface area contributed by atoms with Gasteiger partial charge in [-0.25, -0.2) is 5.43 Å². The molecule has 0 atom stereocenters. The molecule has 0 saturated heterocycles. The molecule has 1 N–H and O–H groups in total. The smallest absolute Gasteiger partial charge is 0.288 e. The standard InChI is InChI=1S/C21H16ClN3O4/c22-19-11-6-15(12-20(19)25(27)28)13-23-24-21(26)14-29-18-9-7-17(8-10-18)16-4-2-1-3-5-16/h1-13H,14H2,(H,24,26)/b23-13+. The maximum absolute atomic E-state index is 11.8. The Balaban J connectivity index is 1.51. The molecular weight excluding hydrogens is 394 g/mol. The van der Waals surface area contributed by atoms with Crippen molar-refractivity contribution in [2.24, 2.45) is 5.10 Å². The van der Waals surface area contributed by atoms with E-state index in [0.717, 1.165) is 11.1 Å². The number of nitro benzene ring substituents is 1. The van der Waals surface area contributed by atoms with Crippen LogP contribution in [-0.4, -0.2) is 23.7 Å². The van der Waals surface area contributed by atoms with E-state index in [4.69, 9.17) is 16.3 Å². The van der Waals surface area contributed by atoms with Crippen LogP contribution in [0.4, 0.5) is 5.69 Å². The predicted molar refractivity (Wildman–Crippen MR) is 111 cm³/mol. The normalized spacial score (nSPS) is 10.7. The number of nitro groups is 1. The highest BCUT2D eigenvalue weighted by atomic mass is 35.5. The second kappa shape index (κ2) is 9.48. The lowest BCUT2D eigenvalue weighted by Gasteiger charge is -2.06. The topological polar surface area (TPSA) is 93.8 Å². The van der Waals surface area contributed by atoms with Crippen LogP contribution >= 0.6 is 11.6 Å². The molecule has 0 saturated carbocycles. The number of nitrogens with one attached hydrogen (secondary N) is 1. The second-order valence-electron chi connectivity index (χ2n) is 5.94. The minimum atomic E-state index is -0.588. The van der Waals surface area contributed by atoms with Gasteiger partial charge in [-0.2, -0.15) is 5.10 Å². The van der Waals surface area contributed by atoms with Crippen molar-refractivity contribution in [3.8, 4) is 16.9 Å². The van der Waals surface area contributed by atoms with Gasteiger partial charge in [0.2, 0.25) is 0 Å². The summed E-state index contributed by atoms with van der Waals surface area (Å²) in [7, 11) is 0. The van der Waals surface area contributed by atoms with E-state index in [-0.39, 0.29) is 17.3 Å². The molecule has 7 nitrogen and oxygen atoms in total. The highest BCUT2D eigenvalue weighted by Crippen LogP contribution is 2.24. The maximum atomic E-state index is 11.8. The minimum Gasteiger partial charge on any atom is -0.484 e. The predicted octanol–water partition coefficient (Wildman–Crippen LogP) is 4.44. The van der Waals surface area contributed by atoms with Gasteiger partial charge in [0.05, 0.1) is 11.1 Å². The summed E-state index contributed by atoms with van der Waals surface area (Å²) in [6, 6.07) is 21.5. The van der Waals surface area contributed by atoms with Gasteiger partial charge < -0.3 is 4.74 Å². The second-order valence-corrected chi connectivity index (χ2v) is 6.35. The molecular formula is C21H16ClN3O4. The summed E-state index contributed by atoms with van der Waals surface area (Å²) < 4.78 is 5.44. The van der Waals surface area contributed by atoms with E-state index in [9.17, 15) is 14.9 Å². The van der Waals surface area contributed by atoms with Gasteiger partial charge in [0.25, 0.3) is 11.6 Å². The average molecular weight is 410 g/mol. The number of hydrogen-bond donors (Lipinski definition) is 1. The largest absolute Gasteiger partial charge is 0.484 e. The van der Waals surface area contributed by atoms with E-state index in [1.807, 2.05) is 42.5 Å². The Morgan fingerprint density at radius 2 is 1.76 bits per heavy atom. The third kappa shape index (κ3) is 5.63. The van der Waals surface area contributed by atoms with Crippen molar-refractivity contribution in [3.05, 3.63) is 93.5 Å². The van der Waals surface area contributed by atoms with Crippen LogP contribution in [0.25, 0.3) is 11.1 Å². The van der Waals surface area contributed by atoms with Crippen molar-refractivity contribution in [1.82, 2.24) is 5.43 Å². The van der Waals surface area contributed by atoms with Gasteiger partial charge in [0.15, 0.2) is 6.61 Å². The van der Waals surface area contributed by atoms with Crippen molar-refractivity contribution in [2.45, 2.75) is 0 Å². The van der Waals surface area contributed by atoms with Gasteiger partial charge in [-0.05, 0) is 29.3 Å². The lowest BCUT2D eigenvalue weighted by atomic mass is 10.1. The van der Waals surface area contributed by atoms with E-state index in [1.54, 1.807) is 18.2 Å². The number of carbonyl (C=O) groups is 1. The molecule has 3 aromatic carbocycles. The summed E-state index contributed by atoms with van der Waals surface area (Å²) in [5, 5.41) is 14.7. The van der Waals surface area contributed by atoms with Gasteiger partial charge in [0.1, 0.15) is 10.8 Å². The van der Waals surface area contributed by atoms with Crippen LogP contribution in [0.15, 0.2) is 77.9 Å². The Morgan fingerprint density at radius 1 is 1.07 bits per heavy atom. The van der Waals surface area contributed by atoms with Crippen molar-refractivity contribution >= 4 is 29.4 Å². The Bertz CT molecular complexity index is 1040. The van der Waals surface area contributed by atoms with E-state index in [1.165, 1.54) is 18.3 Å². The number of rotatable bonds is 7. The number of hydrogen-bond acceptors (Lipinski definition) is 5. The summed E-state index contributed by atoms with van der Waals surface area (Å²) >= 11 is 5.75. The van der Waals surface area contributed by atoms with Crippen LogP contribution in [0, 0.1) is 10.1 Å². The fourth-order valence-electron chi connectivity index (χ4n) is 2.48. The SMILES string of the molecule is O=C(COc1ccc(-c2ccccc2)cc1)N/N=C/c1ccc(Cl)c([N+](=O)[O-])c1. The van der Waals surface area contributed by atoms with E-state index in [0.29, 0.717) is 11.3 Å². The Morgan fingerprint density at radius 3 is 2.45 bits per heavy atom. The number of nitrogens with zero attached hydrogens (tertiary/aromatic N) is 2. The van der Waals surface area contributed by atoms with Crippen LogP contribution in [0.1, 0.15) is 5.56 Å². The number of benzene rings is 3. The molecule has 1 amide bonds.